The van der Waals surface area contributed by atoms with E-state index in [0.717, 1.165) is 12.8 Å². The van der Waals surface area contributed by atoms with Crippen molar-refractivity contribution in [2.24, 2.45) is 5.73 Å². The molecule has 0 aromatic heterocycles. The van der Waals surface area contributed by atoms with Gasteiger partial charge in [-0.25, -0.2) is 8.42 Å². The molecule has 1 aliphatic rings. The van der Waals surface area contributed by atoms with Crippen LogP contribution in [0.15, 0.2) is 0 Å². The summed E-state index contributed by atoms with van der Waals surface area (Å²) in [4.78, 5) is 2.15. The Hall–Kier alpha value is -0.240. The Balaban J connectivity index is 2.88. The van der Waals surface area contributed by atoms with Crippen LogP contribution in [-0.4, -0.2) is 61.1 Å². The van der Waals surface area contributed by atoms with Gasteiger partial charge in [-0.2, -0.15) is 4.31 Å². The molecule has 106 valence electrons. The second-order valence-electron chi connectivity index (χ2n) is 4.96. The van der Waals surface area contributed by atoms with Crippen molar-refractivity contribution in [2.75, 3.05) is 27.2 Å². The Morgan fingerprint density at radius 1 is 1.56 bits per heavy atom. The Kier molecular flexibility index (Phi) is 5.51. The summed E-state index contributed by atoms with van der Waals surface area (Å²) in [6.45, 7) is 2.91. The highest BCUT2D eigenvalue weighted by Gasteiger charge is 2.36. The van der Waals surface area contributed by atoms with Crippen molar-refractivity contribution < 1.29 is 8.42 Å². The third-order valence-electron chi connectivity index (χ3n) is 3.50. The monoisotopic (exact) mass is 293 g/mol. The van der Waals surface area contributed by atoms with E-state index < -0.39 is 15.3 Å². The van der Waals surface area contributed by atoms with Gasteiger partial charge in [-0.1, -0.05) is 19.1 Å². The van der Waals surface area contributed by atoms with E-state index in [2.05, 4.69) is 4.90 Å². The third-order valence-corrected chi connectivity index (χ3v) is 6.29. The molecule has 0 saturated carbocycles. The van der Waals surface area contributed by atoms with Crippen LogP contribution in [0.3, 0.4) is 0 Å². The fourth-order valence-corrected chi connectivity index (χ4v) is 4.68. The Morgan fingerprint density at radius 3 is 2.61 bits per heavy atom. The highest BCUT2D eigenvalue weighted by atomic mass is 32.2. The molecule has 1 rings (SSSR count). The number of rotatable bonds is 5. The number of thiocarbonyl (C=S) groups is 1. The van der Waals surface area contributed by atoms with Crippen LogP contribution in [0.5, 0.6) is 0 Å². The van der Waals surface area contributed by atoms with Gasteiger partial charge in [0.1, 0.15) is 5.25 Å². The maximum atomic E-state index is 12.5. The quantitative estimate of drug-likeness (QED) is 0.744. The van der Waals surface area contributed by atoms with Crippen molar-refractivity contribution in [3.8, 4) is 0 Å². The summed E-state index contributed by atoms with van der Waals surface area (Å²) in [5, 5.41) is -0.728. The first-order valence-electron chi connectivity index (χ1n) is 6.25. The summed E-state index contributed by atoms with van der Waals surface area (Å²) in [6.07, 6.45) is 2.35. The molecular weight excluding hydrogens is 270 g/mol. The maximum Gasteiger partial charge on any atom is 0.223 e. The normalized spacial score (nSPS) is 24.1. The average Bonchev–Trinajstić information content (AvgIpc) is 2.29. The molecule has 0 spiro atoms. The van der Waals surface area contributed by atoms with Gasteiger partial charge in [-0.15, -0.1) is 0 Å². The van der Waals surface area contributed by atoms with Gasteiger partial charge in [0.25, 0.3) is 0 Å². The summed E-state index contributed by atoms with van der Waals surface area (Å²) < 4.78 is 26.5. The standard InChI is InChI=1S/C11H23N3O2S2/c1-4-10(11(12)17)18(15,16)14-7-5-6-9(8-14)13(2)3/h9-10H,4-8H2,1-3H3,(H2,12,17). The van der Waals surface area contributed by atoms with Crippen LogP contribution < -0.4 is 5.73 Å². The van der Waals surface area contributed by atoms with E-state index in [4.69, 9.17) is 18.0 Å². The molecule has 7 heteroatoms. The zero-order valence-electron chi connectivity index (χ0n) is 11.3. The van der Waals surface area contributed by atoms with E-state index in [1.807, 2.05) is 14.1 Å². The van der Waals surface area contributed by atoms with Gasteiger partial charge >= 0.3 is 0 Å². The number of hydrogen-bond donors (Lipinski definition) is 1. The lowest BCUT2D eigenvalue weighted by atomic mass is 10.1. The summed E-state index contributed by atoms with van der Waals surface area (Å²) >= 11 is 4.88. The van der Waals surface area contributed by atoms with Crippen molar-refractivity contribution in [1.29, 1.82) is 0 Å². The first-order chi connectivity index (χ1) is 8.30. The van der Waals surface area contributed by atoms with Crippen molar-refractivity contribution in [3.05, 3.63) is 0 Å². The summed E-state index contributed by atoms with van der Waals surface area (Å²) in [6, 6.07) is 0.275. The van der Waals surface area contributed by atoms with Crippen LogP contribution in [0.1, 0.15) is 26.2 Å². The van der Waals surface area contributed by atoms with E-state index in [1.165, 1.54) is 0 Å². The fourth-order valence-electron chi connectivity index (χ4n) is 2.31. The van der Waals surface area contributed by atoms with Gasteiger partial charge in [-0.3, -0.25) is 0 Å². The predicted molar refractivity (Wildman–Crippen MR) is 78.1 cm³/mol. The molecule has 0 amide bonds. The van der Waals surface area contributed by atoms with Crippen LogP contribution >= 0.6 is 12.2 Å². The molecule has 1 saturated heterocycles. The second-order valence-corrected chi connectivity index (χ2v) is 7.55. The van der Waals surface area contributed by atoms with Crippen molar-refractivity contribution in [2.45, 2.75) is 37.5 Å². The van der Waals surface area contributed by atoms with E-state index >= 15 is 0 Å². The number of nitrogens with zero attached hydrogens (tertiary/aromatic N) is 2. The van der Waals surface area contributed by atoms with Crippen molar-refractivity contribution in [3.63, 3.8) is 0 Å². The minimum atomic E-state index is -3.40. The number of sulfonamides is 1. The molecule has 0 aromatic carbocycles. The molecule has 18 heavy (non-hydrogen) atoms. The lowest BCUT2D eigenvalue weighted by molar-refractivity contribution is 0.190. The van der Waals surface area contributed by atoms with Gasteiger partial charge in [-0.05, 0) is 33.4 Å². The number of hydrogen-bond acceptors (Lipinski definition) is 4. The van der Waals surface area contributed by atoms with E-state index in [9.17, 15) is 8.42 Å². The first kappa shape index (κ1) is 15.8. The van der Waals surface area contributed by atoms with Gasteiger partial charge in [0.05, 0.1) is 4.99 Å². The Labute approximate surface area is 115 Å². The maximum absolute atomic E-state index is 12.5. The largest absolute Gasteiger partial charge is 0.392 e. The SMILES string of the molecule is CCC(C(N)=S)S(=O)(=O)N1CCCC(N(C)C)C1. The summed E-state index contributed by atoms with van der Waals surface area (Å²) in [7, 11) is 0.556. The number of likely N-dealkylation sites (N-methyl/N-ethyl adjacent to an activating group) is 1. The molecular formula is C11H23N3O2S2. The lowest BCUT2D eigenvalue weighted by Crippen LogP contribution is -2.52. The zero-order valence-corrected chi connectivity index (χ0v) is 12.9. The van der Waals surface area contributed by atoms with E-state index in [1.54, 1.807) is 11.2 Å². The van der Waals surface area contributed by atoms with Crippen LogP contribution in [-0.2, 0) is 10.0 Å². The van der Waals surface area contributed by atoms with E-state index in [-0.39, 0.29) is 11.0 Å². The highest BCUT2D eigenvalue weighted by molar-refractivity contribution is 7.92. The molecule has 0 aromatic rings. The molecule has 2 N–H and O–H groups in total. The Bertz CT molecular complexity index is 395. The third kappa shape index (κ3) is 3.40. The summed E-state index contributed by atoms with van der Waals surface area (Å²) in [5.41, 5.74) is 5.55. The first-order valence-corrected chi connectivity index (χ1v) is 8.16. The highest BCUT2D eigenvalue weighted by Crippen LogP contribution is 2.21. The molecule has 2 atom stereocenters. The predicted octanol–water partition coefficient (Wildman–Crippen LogP) is 0.407. The molecule has 5 nitrogen and oxygen atoms in total. The minimum absolute atomic E-state index is 0.0736. The molecule has 1 fully saturated rings. The number of nitrogens with two attached hydrogens (primary N) is 1. The van der Waals surface area contributed by atoms with E-state index in [0.29, 0.717) is 19.5 Å². The molecule has 1 heterocycles. The second kappa shape index (κ2) is 6.27. The van der Waals surface area contributed by atoms with Crippen molar-refractivity contribution in [1.82, 2.24) is 9.21 Å². The lowest BCUT2D eigenvalue weighted by Gasteiger charge is -2.36. The molecule has 0 radical (unpaired) electrons. The Morgan fingerprint density at radius 2 is 2.17 bits per heavy atom. The summed E-state index contributed by atoms with van der Waals surface area (Å²) in [5.74, 6) is 0. The number of piperidine rings is 1. The minimum Gasteiger partial charge on any atom is -0.392 e. The van der Waals surface area contributed by atoms with Crippen LogP contribution in [0.2, 0.25) is 0 Å². The van der Waals surface area contributed by atoms with Crippen molar-refractivity contribution >= 4 is 27.2 Å². The van der Waals surface area contributed by atoms with Gasteiger partial charge in [0, 0.05) is 19.1 Å². The fraction of sp³-hybridized carbons (Fsp3) is 0.909. The topological polar surface area (TPSA) is 66.6 Å². The molecule has 2 unspecified atom stereocenters. The smallest absolute Gasteiger partial charge is 0.223 e. The molecule has 1 aliphatic heterocycles. The van der Waals surface area contributed by atoms with Crippen LogP contribution in [0, 0.1) is 0 Å². The van der Waals surface area contributed by atoms with Gasteiger partial charge < -0.3 is 10.6 Å². The van der Waals surface area contributed by atoms with Crippen LogP contribution in [0.4, 0.5) is 0 Å². The molecule has 0 aliphatic carbocycles. The molecule has 0 bridgehead atoms. The van der Waals surface area contributed by atoms with Gasteiger partial charge in [0.15, 0.2) is 0 Å². The van der Waals surface area contributed by atoms with Crippen LogP contribution in [0.25, 0.3) is 0 Å². The average molecular weight is 293 g/mol. The zero-order chi connectivity index (χ0) is 13.9. The van der Waals surface area contributed by atoms with Gasteiger partial charge in [0.2, 0.25) is 10.0 Å².